The van der Waals surface area contributed by atoms with Crippen molar-refractivity contribution in [3.05, 3.63) is 54.1 Å². The smallest absolute Gasteiger partial charge is 0.242 e. The van der Waals surface area contributed by atoms with Crippen molar-refractivity contribution in [1.82, 2.24) is 10.2 Å². The number of nitrogens with zero attached hydrogens (tertiary/aromatic N) is 2. The molecule has 0 bridgehead atoms. The first-order chi connectivity index (χ1) is 17.2. The normalized spacial score (nSPS) is 11.9. The minimum absolute atomic E-state index is 0.0705. The van der Waals surface area contributed by atoms with E-state index < -0.39 is 16.1 Å². The third-order valence-electron chi connectivity index (χ3n) is 5.73. The van der Waals surface area contributed by atoms with E-state index >= 15 is 0 Å². The highest BCUT2D eigenvalue weighted by Gasteiger charge is 2.29. The summed E-state index contributed by atoms with van der Waals surface area (Å²) >= 11 is 0. The van der Waals surface area contributed by atoms with E-state index in [0.717, 1.165) is 11.8 Å². The van der Waals surface area contributed by atoms with Crippen molar-refractivity contribution in [1.29, 1.82) is 0 Å². The van der Waals surface area contributed by atoms with Crippen LogP contribution in [0.15, 0.2) is 48.5 Å². The predicted molar refractivity (Wildman–Crippen MR) is 141 cm³/mol. The van der Waals surface area contributed by atoms with Gasteiger partial charge in [0.25, 0.3) is 0 Å². The van der Waals surface area contributed by atoms with Gasteiger partial charge in [-0.05, 0) is 49.6 Å². The number of benzene rings is 2. The van der Waals surface area contributed by atoms with Crippen LogP contribution in [0.3, 0.4) is 0 Å². The predicted octanol–water partition coefficient (Wildman–Crippen LogP) is 3.19. The van der Waals surface area contributed by atoms with Crippen LogP contribution < -0.4 is 19.1 Å². The molecule has 10 heteroatoms. The third kappa shape index (κ3) is 7.87. The number of para-hydroxylation sites is 2. The average molecular weight is 520 g/mol. The van der Waals surface area contributed by atoms with Crippen LogP contribution in [-0.4, -0.2) is 64.7 Å². The first-order valence-electron chi connectivity index (χ1n) is 12.0. The van der Waals surface area contributed by atoms with E-state index in [-0.39, 0.29) is 37.7 Å². The van der Waals surface area contributed by atoms with E-state index in [1.165, 1.54) is 11.4 Å². The Hall–Kier alpha value is -3.27. The zero-order chi connectivity index (χ0) is 26.7. The summed E-state index contributed by atoms with van der Waals surface area (Å²) in [4.78, 5) is 27.8. The molecule has 198 valence electrons. The van der Waals surface area contributed by atoms with Crippen molar-refractivity contribution in [2.45, 2.75) is 45.7 Å². The maximum absolute atomic E-state index is 13.4. The van der Waals surface area contributed by atoms with Gasteiger partial charge in [0, 0.05) is 26.1 Å². The summed E-state index contributed by atoms with van der Waals surface area (Å²) < 4.78 is 36.9. The molecular weight excluding hydrogens is 482 g/mol. The topological polar surface area (TPSA) is 105 Å². The van der Waals surface area contributed by atoms with Crippen molar-refractivity contribution in [2.24, 2.45) is 0 Å². The van der Waals surface area contributed by atoms with E-state index in [0.29, 0.717) is 30.2 Å². The van der Waals surface area contributed by atoms with E-state index in [4.69, 9.17) is 9.47 Å². The molecule has 0 unspecified atom stereocenters. The summed E-state index contributed by atoms with van der Waals surface area (Å²) in [5.41, 5.74) is 1.24. The molecule has 1 N–H and O–H groups in total. The highest BCUT2D eigenvalue weighted by atomic mass is 32.2. The zero-order valence-corrected chi connectivity index (χ0v) is 22.5. The van der Waals surface area contributed by atoms with Crippen molar-refractivity contribution in [3.8, 4) is 11.5 Å². The largest absolute Gasteiger partial charge is 0.497 e. The molecule has 0 fully saturated rings. The Balaban J connectivity index is 2.25. The molecule has 9 nitrogen and oxygen atoms in total. The van der Waals surface area contributed by atoms with Crippen LogP contribution in [0, 0.1) is 0 Å². The Morgan fingerprint density at radius 3 is 2.36 bits per heavy atom. The number of likely N-dealkylation sites (N-methyl/N-ethyl adjacent to an activating group) is 1. The molecule has 2 aromatic rings. The summed E-state index contributed by atoms with van der Waals surface area (Å²) in [6.07, 6.45) is 1.90. The fraction of sp³-hybridized carbons (Fsp3) is 0.462. The lowest BCUT2D eigenvalue weighted by Crippen LogP contribution is -2.49. The highest BCUT2D eigenvalue weighted by Crippen LogP contribution is 2.30. The maximum atomic E-state index is 13.4. The van der Waals surface area contributed by atoms with Crippen LogP contribution in [0.25, 0.3) is 0 Å². The van der Waals surface area contributed by atoms with Crippen LogP contribution in [-0.2, 0) is 26.2 Å². The van der Waals surface area contributed by atoms with Gasteiger partial charge in [-0.2, -0.15) is 0 Å². The molecule has 2 amide bonds. The Morgan fingerprint density at radius 1 is 1.03 bits per heavy atom. The first-order valence-corrected chi connectivity index (χ1v) is 13.8. The monoisotopic (exact) mass is 519 g/mol. The van der Waals surface area contributed by atoms with Gasteiger partial charge in [0.2, 0.25) is 21.8 Å². The molecular formula is C26H37N3O6S. The maximum Gasteiger partial charge on any atom is 0.242 e. The van der Waals surface area contributed by atoms with E-state index in [9.17, 15) is 18.0 Å². The van der Waals surface area contributed by atoms with Gasteiger partial charge in [0.15, 0.2) is 0 Å². The molecule has 1 atom stereocenters. The quantitative estimate of drug-likeness (QED) is 0.411. The van der Waals surface area contributed by atoms with Crippen LogP contribution >= 0.6 is 0 Å². The first kappa shape index (κ1) is 29.0. The number of carbonyl (C=O) groups excluding carboxylic acids is 2. The molecule has 0 aliphatic carbocycles. The molecule has 2 rings (SSSR count). The molecule has 0 radical (unpaired) electrons. The van der Waals surface area contributed by atoms with Crippen molar-refractivity contribution < 1.29 is 27.5 Å². The Labute approximate surface area is 214 Å². The third-order valence-corrected chi connectivity index (χ3v) is 6.91. The summed E-state index contributed by atoms with van der Waals surface area (Å²) in [5.74, 6) is 0.634. The van der Waals surface area contributed by atoms with Crippen molar-refractivity contribution in [2.75, 3.05) is 37.9 Å². The lowest BCUT2D eigenvalue weighted by molar-refractivity contribution is -0.141. The molecule has 36 heavy (non-hydrogen) atoms. The number of ether oxygens (including phenoxy) is 2. The second-order valence-corrected chi connectivity index (χ2v) is 10.2. The molecule has 0 aliphatic rings. The average Bonchev–Trinajstić information content (AvgIpc) is 2.86. The lowest BCUT2D eigenvalue weighted by Gasteiger charge is -2.31. The van der Waals surface area contributed by atoms with Crippen LogP contribution in [0.5, 0.6) is 11.5 Å². The van der Waals surface area contributed by atoms with Crippen molar-refractivity contribution >= 4 is 27.5 Å². The molecule has 0 aliphatic heterocycles. The number of amides is 2. The molecule has 2 aromatic carbocycles. The number of hydrogen-bond donors (Lipinski definition) is 1. The number of methoxy groups -OCH3 is 2. The summed E-state index contributed by atoms with van der Waals surface area (Å²) in [7, 11) is -0.568. The SMILES string of the molecule is CCNC(=O)[C@H](CC)N(Cc1cccc(OC)c1)C(=O)CCCN(c1ccccc1OC)S(C)(=O)=O. The van der Waals surface area contributed by atoms with Gasteiger partial charge in [-0.25, -0.2) is 8.42 Å². The molecule has 0 saturated heterocycles. The van der Waals surface area contributed by atoms with Gasteiger partial charge >= 0.3 is 0 Å². The van der Waals surface area contributed by atoms with Gasteiger partial charge in [0.05, 0.1) is 26.2 Å². The van der Waals surface area contributed by atoms with E-state index in [2.05, 4.69) is 5.32 Å². The number of carbonyl (C=O) groups is 2. The van der Waals surface area contributed by atoms with Crippen LogP contribution in [0.1, 0.15) is 38.7 Å². The summed E-state index contributed by atoms with van der Waals surface area (Å²) in [5, 5.41) is 2.81. The second-order valence-electron chi connectivity index (χ2n) is 8.30. The molecule has 0 aromatic heterocycles. The fourth-order valence-electron chi connectivity index (χ4n) is 4.00. The summed E-state index contributed by atoms with van der Waals surface area (Å²) in [6.45, 7) is 4.47. The Morgan fingerprint density at radius 2 is 1.75 bits per heavy atom. The Bertz CT molecular complexity index is 1120. The van der Waals surface area contributed by atoms with Crippen LogP contribution in [0.4, 0.5) is 5.69 Å². The van der Waals surface area contributed by atoms with Crippen molar-refractivity contribution in [3.63, 3.8) is 0 Å². The van der Waals surface area contributed by atoms with Gasteiger partial charge in [-0.1, -0.05) is 31.2 Å². The summed E-state index contributed by atoms with van der Waals surface area (Å²) in [6, 6.07) is 13.5. The minimum Gasteiger partial charge on any atom is -0.497 e. The lowest BCUT2D eigenvalue weighted by atomic mass is 10.1. The van der Waals surface area contributed by atoms with Gasteiger partial charge in [-0.15, -0.1) is 0 Å². The van der Waals surface area contributed by atoms with E-state index in [1.807, 2.05) is 38.1 Å². The van der Waals surface area contributed by atoms with Crippen LogP contribution in [0.2, 0.25) is 0 Å². The van der Waals surface area contributed by atoms with Gasteiger partial charge in [-0.3, -0.25) is 13.9 Å². The zero-order valence-electron chi connectivity index (χ0n) is 21.7. The van der Waals surface area contributed by atoms with Gasteiger partial charge < -0.3 is 19.7 Å². The minimum atomic E-state index is -3.62. The number of hydrogen-bond acceptors (Lipinski definition) is 6. The second kappa shape index (κ2) is 13.7. The molecule has 0 saturated carbocycles. The van der Waals surface area contributed by atoms with Gasteiger partial charge in [0.1, 0.15) is 17.5 Å². The standard InChI is InChI=1S/C26H37N3O6S/c1-6-22(26(31)27-7-2)28(19-20-12-10-13-21(18-20)34-3)25(30)16-11-17-29(36(5,32)33)23-14-8-9-15-24(23)35-4/h8-10,12-15,18,22H,6-7,11,16-17,19H2,1-5H3,(H,27,31)/t22-/m0/s1. The fourth-order valence-corrected chi connectivity index (χ4v) is 4.97. The highest BCUT2D eigenvalue weighted by molar-refractivity contribution is 7.92. The number of nitrogens with one attached hydrogen (secondary N) is 1. The Kier molecular flexibility index (Phi) is 11.0. The number of anilines is 1. The number of rotatable bonds is 14. The molecule has 0 spiro atoms. The molecule has 0 heterocycles. The van der Waals surface area contributed by atoms with E-state index in [1.54, 1.807) is 36.3 Å². The number of sulfonamides is 1.